The molecule has 5 nitrogen and oxygen atoms in total. The van der Waals surface area contributed by atoms with Gasteiger partial charge < -0.3 is 4.42 Å². The first-order valence-corrected chi connectivity index (χ1v) is 5.74. The van der Waals surface area contributed by atoms with E-state index in [2.05, 4.69) is 9.97 Å². The first-order valence-electron chi connectivity index (χ1n) is 4.80. The number of aromatic amines is 1. The normalized spacial score (nSPS) is 10.8. The number of hydrogen-bond acceptors (Lipinski definition) is 5. The number of ketones is 1. The first-order chi connectivity index (χ1) is 8.24. The lowest BCUT2D eigenvalue weighted by atomic mass is 10.1. The zero-order chi connectivity index (χ0) is 11.8. The summed E-state index contributed by atoms with van der Waals surface area (Å²) in [4.78, 5) is 29.4. The summed E-state index contributed by atoms with van der Waals surface area (Å²) in [6, 6.07) is 4.81. The van der Waals surface area contributed by atoms with Gasteiger partial charge in [0.1, 0.15) is 5.69 Å². The Labute approximate surface area is 98.7 Å². The van der Waals surface area contributed by atoms with Crippen LogP contribution >= 0.6 is 11.3 Å². The molecule has 3 aromatic rings. The zero-order valence-corrected chi connectivity index (χ0v) is 9.28. The smallest absolute Gasteiger partial charge is 0.408 e. The van der Waals surface area contributed by atoms with Gasteiger partial charge in [0, 0.05) is 10.9 Å². The highest BCUT2D eigenvalue weighted by Gasteiger charge is 2.12. The van der Waals surface area contributed by atoms with E-state index in [1.165, 1.54) is 17.4 Å². The van der Waals surface area contributed by atoms with E-state index < -0.39 is 5.76 Å². The van der Waals surface area contributed by atoms with Crippen molar-refractivity contribution in [3.8, 4) is 0 Å². The number of fused-ring (bicyclic) bond motifs is 1. The fourth-order valence-electron chi connectivity index (χ4n) is 1.56. The van der Waals surface area contributed by atoms with Crippen molar-refractivity contribution >= 4 is 28.2 Å². The zero-order valence-electron chi connectivity index (χ0n) is 8.47. The van der Waals surface area contributed by atoms with E-state index in [1.54, 1.807) is 23.0 Å². The van der Waals surface area contributed by atoms with Crippen LogP contribution in [0.25, 0.3) is 11.1 Å². The molecule has 0 aliphatic carbocycles. The van der Waals surface area contributed by atoms with E-state index in [1.807, 2.05) is 0 Å². The maximum absolute atomic E-state index is 12.0. The molecule has 84 valence electrons. The van der Waals surface area contributed by atoms with Crippen LogP contribution in [0.5, 0.6) is 0 Å². The summed E-state index contributed by atoms with van der Waals surface area (Å²) in [6.45, 7) is 0. The molecule has 6 heteroatoms. The number of H-pyrrole nitrogens is 1. The molecule has 0 bridgehead atoms. The Kier molecular flexibility index (Phi) is 2.15. The van der Waals surface area contributed by atoms with Crippen LogP contribution in [0.4, 0.5) is 0 Å². The third kappa shape index (κ3) is 1.68. The summed E-state index contributed by atoms with van der Waals surface area (Å²) in [5.74, 6) is -0.713. The summed E-state index contributed by atoms with van der Waals surface area (Å²) in [5, 5.41) is 1.68. The van der Waals surface area contributed by atoms with Gasteiger partial charge in [0.25, 0.3) is 0 Å². The lowest BCUT2D eigenvalue weighted by Gasteiger charge is -1.96. The van der Waals surface area contributed by atoms with Crippen molar-refractivity contribution < 1.29 is 9.21 Å². The second-order valence-electron chi connectivity index (χ2n) is 3.43. The summed E-state index contributed by atoms with van der Waals surface area (Å²) in [5.41, 5.74) is 3.39. The molecule has 2 aromatic heterocycles. The van der Waals surface area contributed by atoms with Crippen molar-refractivity contribution in [2.24, 2.45) is 0 Å². The van der Waals surface area contributed by atoms with Crippen LogP contribution in [0, 0.1) is 0 Å². The van der Waals surface area contributed by atoms with Crippen LogP contribution in [0.2, 0.25) is 0 Å². The number of carbonyl (C=O) groups is 1. The lowest BCUT2D eigenvalue weighted by molar-refractivity contribution is 0.103. The predicted molar refractivity (Wildman–Crippen MR) is 62.4 cm³/mol. The Balaban J connectivity index is 2.12. The molecule has 0 fully saturated rings. The molecule has 0 spiro atoms. The highest BCUT2D eigenvalue weighted by molar-refractivity contribution is 7.07. The van der Waals surface area contributed by atoms with Crippen LogP contribution in [0.3, 0.4) is 0 Å². The van der Waals surface area contributed by atoms with Gasteiger partial charge in [-0.05, 0) is 18.2 Å². The molecule has 0 saturated heterocycles. The Bertz CT molecular complexity index is 740. The average Bonchev–Trinajstić information content (AvgIpc) is 2.94. The summed E-state index contributed by atoms with van der Waals surface area (Å²) < 4.78 is 4.89. The molecular formula is C11H6N2O3S. The monoisotopic (exact) mass is 246 g/mol. The Morgan fingerprint density at radius 3 is 3.06 bits per heavy atom. The largest absolute Gasteiger partial charge is 0.417 e. The SMILES string of the molecule is O=C(c1ccc2[nH]c(=O)oc2c1)c1cscn1. The number of aromatic nitrogens is 2. The fraction of sp³-hybridized carbons (Fsp3) is 0. The van der Waals surface area contributed by atoms with Crippen LogP contribution < -0.4 is 5.76 Å². The highest BCUT2D eigenvalue weighted by Crippen LogP contribution is 2.15. The quantitative estimate of drug-likeness (QED) is 0.699. The number of hydrogen-bond donors (Lipinski definition) is 1. The van der Waals surface area contributed by atoms with Gasteiger partial charge in [0.15, 0.2) is 5.58 Å². The van der Waals surface area contributed by atoms with Crippen molar-refractivity contribution in [1.29, 1.82) is 0 Å². The van der Waals surface area contributed by atoms with Gasteiger partial charge in [-0.2, -0.15) is 0 Å². The number of nitrogens with zero attached hydrogens (tertiary/aromatic N) is 1. The van der Waals surface area contributed by atoms with E-state index in [4.69, 9.17) is 4.42 Å². The molecule has 0 saturated carbocycles. The van der Waals surface area contributed by atoms with Gasteiger partial charge in [-0.25, -0.2) is 9.78 Å². The number of oxazole rings is 1. The topological polar surface area (TPSA) is 76.0 Å². The molecule has 2 heterocycles. The van der Waals surface area contributed by atoms with E-state index in [0.29, 0.717) is 22.4 Å². The maximum Gasteiger partial charge on any atom is 0.417 e. The number of rotatable bonds is 2. The number of thiazole rings is 1. The second-order valence-corrected chi connectivity index (χ2v) is 4.15. The van der Waals surface area contributed by atoms with Crippen molar-refractivity contribution in [2.75, 3.05) is 0 Å². The average molecular weight is 246 g/mol. The van der Waals surface area contributed by atoms with Crippen molar-refractivity contribution in [3.05, 3.63) is 50.9 Å². The Morgan fingerprint density at radius 2 is 2.29 bits per heavy atom. The predicted octanol–water partition coefficient (Wildman–Crippen LogP) is 1.81. The number of nitrogens with one attached hydrogen (secondary N) is 1. The minimum atomic E-state index is -0.529. The molecule has 1 aromatic carbocycles. The molecular weight excluding hydrogens is 240 g/mol. The van der Waals surface area contributed by atoms with Gasteiger partial charge in [0.2, 0.25) is 5.78 Å². The third-order valence-corrected chi connectivity index (χ3v) is 2.93. The number of carbonyl (C=O) groups excluding carboxylic acids is 1. The molecule has 0 aliphatic rings. The minimum Gasteiger partial charge on any atom is -0.408 e. The standard InChI is InChI=1S/C11H6N2O3S/c14-10(8-4-17-5-12-8)6-1-2-7-9(3-6)16-11(15)13-7/h1-5H,(H,13,15). The van der Waals surface area contributed by atoms with E-state index in [-0.39, 0.29) is 5.78 Å². The minimum absolute atomic E-state index is 0.183. The fourth-order valence-corrected chi connectivity index (χ4v) is 2.09. The van der Waals surface area contributed by atoms with Crippen LogP contribution in [0.1, 0.15) is 16.1 Å². The van der Waals surface area contributed by atoms with Crippen LogP contribution in [0.15, 0.2) is 38.3 Å². The molecule has 0 unspecified atom stereocenters. The van der Waals surface area contributed by atoms with E-state index in [0.717, 1.165) is 0 Å². The molecule has 3 rings (SSSR count). The number of benzene rings is 1. The van der Waals surface area contributed by atoms with Gasteiger partial charge in [-0.15, -0.1) is 11.3 Å². The first kappa shape index (κ1) is 9.98. The van der Waals surface area contributed by atoms with Gasteiger partial charge in [-0.1, -0.05) is 0 Å². The lowest BCUT2D eigenvalue weighted by Crippen LogP contribution is -2.00. The van der Waals surface area contributed by atoms with E-state index >= 15 is 0 Å². The highest BCUT2D eigenvalue weighted by atomic mass is 32.1. The van der Waals surface area contributed by atoms with Crippen LogP contribution in [-0.4, -0.2) is 15.8 Å². The summed E-state index contributed by atoms with van der Waals surface area (Å²) >= 11 is 1.36. The van der Waals surface area contributed by atoms with Gasteiger partial charge >= 0.3 is 5.76 Å². The second kappa shape index (κ2) is 3.67. The molecule has 0 radical (unpaired) electrons. The van der Waals surface area contributed by atoms with E-state index in [9.17, 15) is 9.59 Å². The third-order valence-electron chi connectivity index (χ3n) is 2.35. The molecule has 0 amide bonds. The molecule has 17 heavy (non-hydrogen) atoms. The Hall–Kier alpha value is -2.21. The van der Waals surface area contributed by atoms with Crippen LogP contribution in [-0.2, 0) is 0 Å². The van der Waals surface area contributed by atoms with Gasteiger partial charge in [-0.3, -0.25) is 9.78 Å². The molecule has 1 N–H and O–H groups in total. The van der Waals surface area contributed by atoms with Gasteiger partial charge in [0.05, 0.1) is 11.0 Å². The van der Waals surface area contributed by atoms with Crippen molar-refractivity contribution in [2.45, 2.75) is 0 Å². The molecule has 0 atom stereocenters. The van der Waals surface area contributed by atoms with Crippen molar-refractivity contribution in [1.82, 2.24) is 9.97 Å². The molecule has 0 aliphatic heterocycles. The summed E-state index contributed by atoms with van der Waals surface area (Å²) in [6.07, 6.45) is 0. The van der Waals surface area contributed by atoms with Crippen molar-refractivity contribution in [3.63, 3.8) is 0 Å². The maximum atomic E-state index is 12.0. The summed E-state index contributed by atoms with van der Waals surface area (Å²) in [7, 11) is 0. The Morgan fingerprint density at radius 1 is 1.41 bits per heavy atom.